The number of nitrogens with zero attached hydrogens (tertiary/aromatic N) is 3. The molecule has 2 rings (SSSR count). The molecule has 1 fully saturated rings. The van der Waals surface area contributed by atoms with Gasteiger partial charge >= 0.3 is 0 Å². The maximum absolute atomic E-state index is 6.22. The van der Waals surface area contributed by atoms with E-state index >= 15 is 0 Å². The minimum absolute atomic E-state index is 0.698. The van der Waals surface area contributed by atoms with E-state index < -0.39 is 0 Å². The van der Waals surface area contributed by atoms with Gasteiger partial charge in [0.25, 0.3) is 0 Å². The van der Waals surface area contributed by atoms with Crippen LogP contribution in [0.2, 0.25) is 0 Å². The summed E-state index contributed by atoms with van der Waals surface area (Å²) in [6, 6.07) is 0. The number of hydrogen-bond donors (Lipinski definition) is 1. The van der Waals surface area contributed by atoms with E-state index in [2.05, 4.69) is 23.7 Å². The van der Waals surface area contributed by atoms with Crippen LogP contribution in [-0.2, 0) is 6.42 Å². The van der Waals surface area contributed by atoms with Gasteiger partial charge in [-0.2, -0.15) is 4.98 Å². The zero-order valence-corrected chi connectivity index (χ0v) is 15.8. The van der Waals surface area contributed by atoms with Gasteiger partial charge in [0.1, 0.15) is 5.82 Å². The fraction of sp³-hybridized carbons (Fsp3) is 0.800. The van der Waals surface area contributed by atoms with Crippen molar-refractivity contribution in [2.75, 3.05) is 23.7 Å². The van der Waals surface area contributed by atoms with Gasteiger partial charge in [0, 0.05) is 24.3 Å². The molecule has 1 aromatic rings. The Bertz CT molecular complexity index is 458. The molecule has 0 radical (unpaired) electrons. The monoisotopic (exact) mass is 332 g/mol. The molecule has 0 unspecified atom stereocenters. The van der Waals surface area contributed by atoms with E-state index in [1.165, 1.54) is 76.2 Å². The Morgan fingerprint density at radius 1 is 0.875 bits per heavy atom. The fourth-order valence-electron chi connectivity index (χ4n) is 3.58. The first-order valence-electron chi connectivity index (χ1n) is 10.1. The van der Waals surface area contributed by atoms with Gasteiger partial charge in [-0.05, 0) is 32.6 Å². The van der Waals surface area contributed by atoms with Crippen molar-refractivity contribution in [3.8, 4) is 0 Å². The zero-order valence-electron chi connectivity index (χ0n) is 15.8. The highest BCUT2D eigenvalue weighted by atomic mass is 15.3. The first-order chi connectivity index (χ1) is 11.7. The average Bonchev–Trinajstić information content (AvgIpc) is 3.09. The van der Waals surface area contributed by atoms with Gasteiger partial charge in [0.05, 0.1) is 0 Å². The highest BCUT2D eigenvalue weighted by molar-refractivity contribution is 5.48. The van der Waals surface area contributed by atoms with Gasteiger partial charge in [0.15, 0.2) is 0 Å². The summed E-state index contributed by atoms with van der Waals surface area (Å²) in [6.07, 6.45) is 15.7. The molecule has 0 amide bonds. The predicted octanol–water partition coefficient (Wildman–Crippen LogP) is 5.04. The summed E-state index contributed by atoms with van der Waals surface area (Å²) in [5, 5.41) is 0. The Kier molecular flexibility index (Phi) is 8.34. The van der Waals surface area contributed by atoms with E-state index in [1.54, 1.807) is 0 Å². The minimum atomic E-state index is 0.698. The number of nitrogen functional groups attached to an aromatic ring is 1. The van der Waals surface area contributed by atoms with Crippen molar-refractivity contribution in [2.24, 2.45) is 0 Å². The highest BCUT2D eigenvalue weighted by Crippen LogP contribution is 2.23. The van der Waals surface area contributed by atoms with Gasteiger partial charge in [-0.25, -0.2) is 4.98 Å². The van der Waals surface area contributed by atoms with E-state index in [9.17, 15) is 0 Å². The van der Waals surface area contributed by atoms with Crippen LogP contribution in [0.5, 0.6) is 0 Å². The standard InChI is InChI=1S/C20H36N4/c1-3-4-5-6-7-8-9-10-11-14-18-17(2)22-20(23-19(18)21)24-15-12-13-16-24/h3-16H2,1-2H3,(H2,21,22,23). The molecule has 0 bridgehead atoms. The molecule has 4 nitrogen and oxygen atoms in total. The Morgan fingerprint density at radius 2 is 1.46 bits per heavy atom. The van der Waals surface area contributed by atoms with Crippen molar-refractivity contribution in [2.45, 2.75) is 90.9 Å². The number of anilines is 2. The molecule has 1 aliphatic heterocycles. The third-order valence-corrected chi connectivity index (χ3v) is 5.15. The Morgan fingerprint density at radius 3 is 2.04 bits per heavy atom. The predicted molar refractivity (Wildman–Crippen MR) is 104 cm³/mol. The quantitative estimate of drug-likeness (QED) is 0.577. The first-order valence-corrected chi connectivity index (χ1v) is 10.1. The molecule has 0 aromatic carbocycles. The SMILES string of the molecule is CCCCCCCCCCCc1c(C)nc(N2CCCC2)nc1N. The summed E-state index contributed by atoms with van der Waals surface area (Å²) in [4.78, 5) is 11.5. The molecule has 1 saturated heterocycles. The molecule has 2 heterocycles. The Balaban J connectivity index is 1.69. The van der Waals surface area contributed by atoms with Crippen LogP contribution in [0, 0.1) is 6.92 Å². The molecule has 1 aliphatic rings. The first kappa shape index (κ1) is 19.0. The number of unbranched alkanes of at least 4 members (excludes halogenated alkanes) is 8. The number of aromatic nitrogens is 2. The van der Waals surface area contributed by atoms with E-state index in [1.807, 2.05) is 0 Å². The van der Waals surface area contributed by atoms with Crippen LogP contribution in [0.25, 0.3) is 0 Å². The van der Waals surface area contributed by atoms with Crippen LogP contribution in [0.1, 0.15) is 88.8 Å². The lowest BCUT2D eigenvalue weighted by Gasteiger charge is -2.18. The molecule has 4 heteroatoms. The lowest BCUT2D eigenvalue weighted by atomic mass is 10.0. The van der Waals surface area contributed by atoms with Crippen molar-refractivity contribution in [1.29, 1.82) is 0 Å². The molecular formula is C20H36N4. The molecule has 1 aromatic heterocycles. The number of hydrogen-bond acceptors (Lipinski definition) is 4. The second-order valence-electron chi connectivity index (χ2n) is 7.25. The average molecular weight is 333 g/mol. The number of nitrogens with two attached hydrogens (primary N) is 1. The van der Waals surface area contributed by atoms with E-state index in [0.29, 0.717) is 5.82 Å². The second kappa shape index (κ2) is 10.5. The fourth-order valence-corrected chi connectivity index (χ4v) is 3.58. The molecule has 0 atom stereocenters. The largest absolute Gasteiger partial charge is 0.383 e. The van der Waals surface area contributed by atoms with Gasteiger partial charge < -0.3 is 10.6 Å². The van der Waals surface area contributed by atoms with Crippen molar-refractivity contribution in [1.82, 2.24) is 9.97 Å². The smallest absolute Gasteiger partial charge is 0.227 e. The van der Waals surface area contributed by atoms with Crippen LogP contribution in [-0.4, -0.2) is 23.1 Å². The van der Waals surface area contributed by atoms with Gasteiger partial charge in [-0.3, -0.25) is 0 Å². The number of rotatable bonds is 11. The molecule has 0 spiro atoms. The van der Waals surface area contributed by atoms with E-state index in [0.717, 1.165) is 31.2 Å². The van der Waals surface area contributed by atoms with Gasteiger partial charge in [-0.15, -0.1) is 0 Å². The van der Waals surface area contributed by atoms with Crippen molar-refractivity contribution in [3.63, 3.8) is 0 Å². The van der Waals surface area contributed by atoms with Crippen molar-refractivity contribution in [3.05, 3.63) is 11.3 Å². The Labute approximate surface area is 148 Å². The molecule has 2 N–H and O–H groups in total. The van der Waals surface area contributed by atoms with Crippen LogP contribution < -0.4 is 10.6 Å². The summed E-state index contributed by atoms with van der Waals surface area (Å²) < 4.78 is 0. The maximum atomic E-state index is 6.22. The normalized spacial score (nSPS) is 14.5. The van der Waals surface area contributed by atoms with E-state index in [-0.39, 0.29) is 0 Å². The molecule has 24 heavy (non-hydrogen) atoms. The summed E-state index contributed by atoms with van der Waals surface area (Å²) >= 11 is 0. The van der Waals surface area contributed by atoms with Crippen molar-refractivity contribution < 1.29 is 0 Å². The van der Waals surface area contributed by atoms with Crippen LogP contribution in [0.15, 0.2) is 0 Å². The maximum Gasteiger partial charge on any atom is 0.227 e. The van der Waals surface area contributed by atoms with Crippen LogP contribution in [0.3, 0.4) is 0 Å². The molecule has 0 saturated carbocycles. The molecule has 0 aliphatic carbocycles. The minimum Gasteiger partial charge on any atom is -0.383 e. The second-order valence-corrected chi connectivity index (χ2v) is 7.25. The lowest BCUT2D eigenvalue weighted by Crippen LogP contribution is -2.22. The molecule has 136 valence electrons. The lowest BCUT2D eigenvalue weighted by molar-refractivity contribution is 0.564. The van der Waals surface area contributed by atoms with Gasteiger partial charge in [0.2, 0.25) is 5.95 Å². The van der Waals surface area contributed by atoms with Crippen LogP contribution >= 0.6 is 0 Å². The van der Waals surface area contributed by atoms with Crippen molar-refractivity contribution >= 4 is 11.8 Å². The summed E-state index contributed by atoms with van der Waals surface area (Å²) in [6.45, 7) is 6.49. The third kappa shape index (κ3) is 5.95. The molecular weight excluding hydrogens is 296 g/mol. The summed E-state index contributed by atoms with van der Waals surface area (Å²) in [5.41, 5.74) is 8.46. The zero-order chi connectivity index (χ0) is 17.2. The topological polar surface area (TPSA) is 55.0 Å². The highest BCUT2D eigenvalue weighted by Gasteiger charge is 2.17. The number of aryl methyl sites for hydroxylation is 1. The summed E-state index contributed by atoms with van der Waals surface area (Å²) in [5.74, 6) is 1.53. The Hall–Kier alpha value is -1.32. The van der Waals surface area contributed by atoms with Gasteiger partial charge in [-0.1, -0.05) is 58.3 Å². The van der Waals surface area contributed by atoms with Crippen LogP contribution in [0.4, 0.5) is 11.8 Å². The third-order valence-electron chi connectivity index (χ3n) is 5.15. The summed E-state index contributed by atoms with van der Waals surface area (Å²) in [7, 11) is 0. The van der Waals surface area contributed by atoms with E-state index in [4.69, 9.17) is 10.7 Å².